The largest absolute Gasteiger partial charge is 0.459 e. The zero-order valence-corrected chi connectivity index (χ0v) is 16.3. The van der Waals surface area contributed by atoms with Crippen LogP contribution in [-0.4, -0.2) is 46.9 Å². The molecule has 9 heteroatoms. The van der Waals surface area contributed by atoms with Crippen LogP contribution in [0.5, 0.6) is 0 Å². The third kappa shape index (κ3) is 4.25. The molecule has 158 valence electrons. The molecule has 0 radical (unpaired) electrons. The zero-order chi connectivity index (χ0) is 21.3. The standard InChI is InChI=1S/C21H20F3N3O3/c1-14-17(25-19(30-14)15-4-6-16(7-5-15)21(22,23)24)13-26-8-10-27(11-9-26)20(28)18-3-2-12-29-18/h2-7,12H,8-11,13H2,1H3. The van der Waals surface area contributed by atoms with Crippen LogP contribution in [0.1, 0.15) is 27.6 Å². The summed E-state index contributed by atoms with van der Waals surface area (Å²) in [5.74, 6) is 1.13. The fraction of sp³-hybridized carbons (Fsp3) is 0.333. The van der Waals surface area contributed by atoms with E-state index in [2.05, 4.69) is 9.88 Å². The summed E-state index contributed by atoms with van der Waals surface area (Å²) < 4.78 is 49.0. The lowest BCUT2D eigenvalue weighted by Gasteiger charge is -2.33. The van der Waals surface area contributed by atoms with Crippen LogP contribution in [0, 0.1) is 6.92 Å². The van der Waals surface area contributed by atoms with Crippen molar-refractivity contribution in [2.45, 2.75) is 19.6 Å². The molecular weight excluding hydrogens is 399 g/mol. The number of carbonyl (C=O) groups is 1. The summed E-state index contributed by atoms with van der Waals surface area (Å²) in [6.45, 7) is 4.82. The first-order valence-corrected chi connectivity index (χ1v) is 9.50. The molecule has 1 saturated heterocycles. The van der Waals surface area contributed by atoms with Gasteiger partial charge >= 0.3 is 6.18 Å². The smallest absolute Gasteiger partial charge is 0.416 e. The molecule has 3 heterocycles. The van der Waals surface area contributed by atoms with Crippen molar-refractivity contribution in [2.24, 2.45) is 0 Å². The summed E-state index contributed by atoms with van der Waals surface area (Å²) in [6.07, 6.45) is -2.90. The van der Waals surface area contributed by atoms with Crippen molar-refractivity contribution >= 4 is 5.91 Å². The van der Waals surface area contributed by atoms with Crippen LogP contribution in [0.25, 0.3) is 11.5 Å². The SMILES string of the molecule is Cc1oc(-c2ccc(C(F)(F)F)cc2)nc1CN1CCN(C(=O)c2ccco2)CC1. The van der Waals surface area contributed by atoms with Crippen LogP contribution in [0.15, 0.2) is 51.5 Å². The van der Waals surface area contributed by atoms with Gasteiger partial charge in [-0.05, 0) is 43.3 Å². The average molecular weight is 419 g/mol. The number of carbonyl (C=O) groups excluding carboxylic acids is 1. The molecule has 0 unspecified atom stereocenters. The van der Waals surface area contributed by atoms with Gasteiger partial charge in [0, 0.05) is 38.3 Å². The van der Waals surface area contributed by atoms with Gasteiger partial charge < -0.3 is 13.7 Å². The summed E-state index contributed by atoms with van der Waals surface area (Å²) in [7, 11) is 0. The van der Waals surface area contributed by atoms with E-state index in [4.69, 9.17) is 8.83 Å². The molecule has 0 aliphatic carbocycles. The number of benzene rings is 1. The number of rotatable bonds is 4. The first-order chi connectivity index (χ1) is 14.3. The minimum atomic E-state index is -4.38. The Balaban J connectivity index is 1.38. The van der Waals surface area contributed by atoms with E-state index < -0.39 is 11.7 Å². The third-order valence-corrected chi connectivity index (χ3v) is 5.12. The first kappa shape index (κ1) is 20.2. The monoisotopic (exact) mass is 419 g/mol. The minimum absolute atomic E-state index is 0.123. The maximum Gasteiger partial charge on any atom is 0.416 e. The molecule has 3 aromatic rings. The average Bonchev–Trinajstić information content (AvgIpc) is 3.38. The van der Waals surface area contributed by atoms with E-state index in [1.54, 1.807) is 24.0 Å². The van der Waals surface area contributed by atoms with Gasteiger partial charge in [0.25, 0.3) is 5.91 Å². The lowest BCUT2D eigenvalue weighted by molar-refractivity contribution is -0.137. The number of hydrogen-bond acceptors (Lipinski definition) is 5. The molecule has 1 aromatic carbocycles. The van der Waals surface area contributed by atoms with Gasteiger partial charge in [0.2, 0.25) is 5.89 Å². The van der Waals surface area contributed by atoms with Gasteiger partial charge in [0.05, 0.1) is 17.5 Å². The van der Waals surface area contributed by atoms with Crippen LogP contribution in [0.3, 0.4) is 0 Å². The van der Waals surface area contributed by atoms with Crippen LogP contribution >= 0.6 is 0 Å². The number of amides is 1. The molecule has 1 aliphatic heterocycles. The number of nitrogens with zero attached hydrogens (tertiary/aromatic N) is 3. The van der Waals surface area contributed by atoms with E-state index in [-0.39, 0.29) is 5.91 Å². The van der Waals surface area contributed by atoms with Crippen molar-refractivity contribution in [3.63, 3.8) is 0 Å². The molecular formula is C21H20F3N3O3. The predicted octanol–water partition coefficient (Wildman–Crippen LogP) is 4.22. The van der Waals surface area contributed by atoms with E-state index in [1.807, 2.05) is 0 Å². The van der Waals surface area contributed by atoms with Crippen molar-refractivity contribution in [3.8, 4) is 11.5 Å². The highest BCUT2D eigenvalue weighted by Crippen LogP contribution is 2.31. The van der Waals surface area contributed by atoms with Gasteiger partial charge in [-0.2, -0.15) is 13.2 Å². The van der Waals surface area contributed by atoms with Gasteiger partial charge in [0.15, 0.2) is 5.76 Å². The molecule has 1 amide bonds. The van der Waals surface area contributed by atoms with Gasteiger partial charge in [-0.15, -0.1) is 0 Å². The number of oxazole rings is 1. The quantitative estimate of drug-likeness (QED) is 0.634. The summed E-state index contributed by atoms with van der Waals surface area (Å²) in [5.41, 5.74) is 0.513. The van der Waals surface area contributed by atoms with Crippen molar-refractivity contribution in [2.75, 3.05) is 26.2 Å². The molecule has 2 aromatic heterocycles. The Morgan fingerprint density at radius 1 is 1.10 bits per heavy atom. The fourth-order valence-electron chi connectivity index (χ4n) is 3.38. The predicted molar refractivity (Wildman–Crippen MR) is 102 cm³/mol. The second kappa shape index (κ2) is 7.98. The Hall–Kier alpha value is -3.07. The molecule has 0 spiro atoms. The summed E-state index contributed by atoms with van der Waals surface area (Å²) in [6, 6.07) is 8.09. The summed E-state index contributed by atoms with van der Waals surface area (Å²) in [5, 5.41) is 0. The number of aryl methyl sites for hydroxylation is 1. The summed E-state index contributed by atoms with van der Waals surface area (Å²) in [4.78, 5) is 20.7. The molecule has 6 nitrogen and oxygen atoms in total. The molecule has 4 rings (SSSR count). The second-order valence-electron chi connectivity index (χ2n) is 7.14. The number of piperazine rings is 1. The van der Waals surface area contributed by atoms with E-state index in [0.717, 1.165) is 17.8 Å². The molecule has 1 fully saturated rings. The Labute approximate surface area is 170 Å². The normalized spacial score (nSPS) is 15.5. The van der Waals surface area contributed by atoms with Crippen LogP contribution in [0.2, 0.25) is 0 Å². The van der Waals surface area contributed by atoms with E-state index in [1.165, 1.54) is 18.4 Å². The van der Waals surface area contributed by atoms with Crippen molar-refractivity contribution < 1.29 is 26.8 Å². The highest BCUT2D eigenvalue weighted by Gasteiger charge is 2.30. The van der Waals surface area contributed by atoms with Gasteiger partial charge in [-0.1, -0.05) is 0 Å². The Bertz CT molecular complexity index is 1000. The highest BCUT2D eigenvalue weighted by molar-refractivity contribution is 5.91. The molecule has 1 aliphatic rings. The number of furan rings is 1. The molecule has 30 heavy (non-hydrogen) atoms. The third-order valence-electron chi connectivity index (χ3n) is 5.12. The molecule has 0 saturated carbocycles. The Morgan fingerprint density at radius 3 is 2.40 bits per heavy atom. The fourth-order valence-corrected chi connectivity index (χ4v) is 3.38. The van der Waals surface area contributed by atoms with Gasteiger partial charge in [-0.3, -0.25) is 9.69 Å². The highest BCUT2D eigenvalue weighted by atomic mass is 19.4. The van der Waals surface area contributed by atoms with Crippen molar-refractivity contribution in [1.29, 1.82) is 0 Å². The van der Waals surface area contributed by atoms with E-state index >= 15 is 0 Å². The van der Waals surface area contributed by atoms with Crippen LogP contribution < -0.4 is 0 Å². The zero-order valence-electron chi connectivity index (χ0n) is 16.3. The lowest BCUT2D eigenvalue weighted by atomic mass is 10.1. The number of alkyl halides is 3. The Kier molecular flexibility index (Phi) is 5.38. The maximum absolute atomic E-state index is 12.7. The minimum Gasteiger partial charge on any atom is -0.459 e. The van der Waals surface area contributed by atoms with Crippen LogP contribution in [0.4, 0.5) is 13.2 Å². The number of halogens is 3. The summed E-state index contributed by atoms with van der Waals surface area (Å²) >= 11 is 0. The van der Waals surface area contributed by atoms with Gasteiger partial charge in [-0.25, -0.2) is 4.98 Å². The maximum atomic E-state index is 12.7. The van der Waals surface area contributed by atoms with E-state index in [9.17, 15) is 18.0 Å². The Morgan fingerprint density at radius 2 is 1.80 bits per heavy atom. The molecule has 0 atom stereocenters. The second-order valence-corrected chi connectivity index (χ2v) is 7.14. The molecule has 0 N–H and O–H groups in total. The topological polar surface area (TPSA) is 62.7 Å². The van der Waals surface area contributed by atoms with Crippen molar-refractivity contribution in [1.82, 2.24) is 14.8 Å². The number of hydrogen-bond donors (Lipinski definition) is 0. The number of aromatic nitrogens is 1. The molecule has 0 bridgehead atoms. The van der Waals surface area contributed by atoms with Crippen molar-refractivity contribution in [3.05, 3.63) is 65.4 Å². The van der Waals surface area contributed by atoms with E-state index in [0.29, 0.717) is 55.7 Å². The van der Waals surface area contributed by atoms with Gasteiger partial charge in [0.1, 0.15) is 5.76 Å². The van der Waals surface area contributed by atoms with Crippen LogP contribution in [-0.2, 0) is 12.7 Å². The first-order valence-electron chi connectivity index (χ1n) is 9.50. The lowest BCUT2D eigenvalue weighted by Crippen LogP contribution is -2.48.